The summed E-state index contributed by atoms with van der Waals surface area (Å²) < 4.78 is 5.60. The van der Waals surface area contributed by atoms with Crippen LogP contribution in [0.1, 0.15) is 11.1 Å². The molecule has 1 aliphatic rings. The van der Waals surface area contributed by atoms with Gasteiger partial charge in [0, 0.05) is 10.0 Å². The Morgan fingerprint density at radius 3 is 2.64 bits per heavy atom. The van der Waals surface area contributed by atoms with E-state index in [2.05, 4.69) is 56.4 Å². The molecule has 1 fully saturated rings. The number of methoxy groups -OCH3 is 1. The van der Waals surface area contributed by atoms with Gasteiger partial charge in [0.15, 0.2) is 0 Å². The third kappa shape index (κ3) is 4.74. The molecular weight excluding hydrogens is 382 g/mol. The van der Waals surface area contributed by atoms with Crippen molar-refractivity contribution in [2.75, 3.05) is 33.3 Å². The minimum atomic E-state index is -0.141. The lowest BCUT2D eigenvalue weighted by Crippen LogP contribution is -3.13. The zero-order valence-electron chi connectivity index (χ0n) is 14.2. The zero-order chi connectivity index (χ0) is 17.6. The second-order valence-corrected chi connectivity index (χ2v) is 7.00. The summed E-state index contributed by atoms with van der Waals surface area (Å²) in [7, 11) is 1.50. The summed E-state index contributed by atoms with van der Waals surface area (Å²) >= 11 is 3.27. The number of halogens is 1. The quantitative estimate of drug-likeness (QED) is 0.764. The molecule has 2 aromatic carbocycles. The van der Waals surface area contributed by atoms with Gasteiger partial charge < -0.3 is 14.7 Å². The minimum absolute atomic E-state index is 0.141. The highest BCUT2D eigenvalue weighted by Crippen LogP contribution is 2.32. The predicted molar refractivity (Wildman–Crippen MR) is 100 cm³/mol. The standard InChI is InChI=1S/C19H22BrN3O2/c1-25-18-12-16(11-17(20)19(18)24)13-21-23-9-7-22(8-10-23)14-15-5-3-2-4-6-15/h2-6,11-13,24H,7-10,14H2,1H3. The number of benzene rings is 2. The Balaban J connectivity index is 1.55. The van der Waals surface area contributed by atoms with Crippen molar-refractivity contribution in [3.05, 3.63) is 58.1 Å². The Labute approximate surface area is 156 Å². The predicted octanol–water partition coefficient (Wildman–Crippen LogP) is 1.27. The lowest BCUT2D eigenvalue weighted by atomic mass is 10.2. The molecule has 0 unspecified atom stereocenters. The van der Waals surface area contributed by atoms with E-state index in [-0.39, 0.29) is 5.75 Å². The molecular formula is C19H22BrN3O2. The Morgan fingerprint density at radius 2 is 1.96 bits per heavy atom. The van der Waals surface area contributed by atoms with Gasteiger partial charge in [-0.05, 0) is 17.7 Å². The van der Waals surface area contributed by atoms with Crippen LogP contribution in [0.15, 0.2) is 52.0 Å². The number of hydrogen-bond donors (Lipinski definition) is 1. The van der Waals surface area contributed by atoms with Crippen LogP contribution in [0.25, 0.3) is 0 Å². The minimum Gasteiger partial charge on any atom is -0.869 e. The largest absolute Gasteiger partial charge is 0.869 e. The van der Waals surface area contributed by atoms with Crippen molar-refractivity contribution in [3.63, 3.8) is 0 Å². The maximum Gasteiger partial charge on any atom is 0.112 e. The van der Waals surface area contributed by atoms with Crippen LogP contribution in [0.2, 0.25) is 0 Å². The van der Waals surface area contributed by atoms with Gasteiger partial charge in [-0.1, -0.05) is 52.0 Å². The highest BCUT2D eigenvalue weighted by molar-refractivity contribution is 9.10. The third-order valence-corrected chi connectivity index (χ3v) is 4.95. The first-order chi connectivity index (χ1) is 12.2. The second-order valence-electron chi connectivity index (χ2n) is 6.14. The third-order valence-electron chi connectivity index (χ3n) is 4.37. The molecule has 0 atom stereocenters. The molecule has 1 N–H and O–H groups in total. The number of nitrogens with one attached hydrogen (secondary N) is 1. The van der Waals surface area contributed by atoms with Crippen molar-refractivity contribution >= 4 is 22.1 Å². The molecule has 6 heteroatoms. The Bertz CT molecular complexity index is 729. The summed E-state index contributed by atoms with van der Waals surface area (Å²) in [4.78, 5) is 1.58. The number of hydrogen-bond acceptors (Lipinski definition) is 4. The van der Waals surface area contributed by atoms with E-state index in [9.17, 15) is 5.11 Å². The topological polar surface area (TPSA) is 52.3 Å². The van der Waals surface area contributed by atoms with Crippen LogP contribution < -0.4 is 14.7 Å². The number of hydrazone groups is 1. The van der Waals surface area contributed by atoms with E-state index in [1.807, 2.05) is 0 Å². The van der Waals surface area contributed by atoms with E-state index in [4.69, 9.17) is 4.74 Å². The highest BCUT2D eigenvalue weighted by atomic mass is 79.9. The van der Waals surface area contributed by atoms with Crippen LogP contribution in [-0.4, -0.2) is 44.5 Å². The van der Waals surface area contributed by atoms with Gasteiger partial charge in [0.25, 0.3) is 0 Å². The van der Waals surface area contributed by atoms with Crippen molar-refractivity contribution in [3.8, 4) is 11.5 Å². The first-order valence-corrected chi connectivity index (χ1v) is 9.16. The number of nitrogens with zero attached hydrogens (tertiary/aromatic N) is 2. The van der Waals surface area contributed by atoms with Crippen molar-refractivity contribution in [2.45, 2.75) is 6.54 Å². The van der Waals surface area contributed by atoms with Crippen molar-refractivity contribution in [2.24, 2.45) is 5.10 Å². The van der Waals surface area contributed by atoms with Gasteiger partial charge in [0.1, 0.15) is 12.3 Å². The molecule has 0 spiro atoms. The molecule has 25 heavy (non-hydrogen) atoms. The molecule has 1 aliphatic heterocycles. The molecule has 3 rings (SSSR count). The Kier molecular flexibility index (Phi) is 5.94. The number of quaternary nitrogens is 1. The lowest BCUT2D eigenvalue weighted by Gasteiger charge is -2.30. The smallest absolute Gasteiger partial charge is 0.112 e. The van der Waals surface area contributed by atoms with Gasteiger partial charge in [-0.2, -0.15) is 5.10 Å². The summed E-state index contributed by atoms with van der Waals surface area (Å²) in [5, 5.41) is 18.5. The molecule has 0 aromatic heterocycles. The monoisotopic (exact) mass is 403 g/mol. The molecule has 0 saturated carbocycles. The van der Waals surface area contributed by atoms with Gasteiger partial charge in [-0.3, -0.25) is 5.01 Å². The van der Waals surface area contributed by atoms with Crippen LogP contribution in [-0.2, 0) is 6.54 Å². The molecule has 0 bridgehead atoms. The van der Waals surface area contributed by atoms with Gasteiger partial charge in [0.05, 0.1) is 39.5 Å². The summed E-state index contributed by atoms with van der Waals surface area (Å²) in [5.74, 6) is 0.186. The van der Waals surface area contributed by atoms with Crippen LogP contribution in [0.3, 0.4) is 0 Å². The first-order valence-electron chi connectivity index (χ1n) is 8.36. The summed E-state index contributed by atoms with van der Waals surface area (Å²) in [6.07, 6.45) is 1.79. The number of piperazine rings is 1. The highest BCUT2D eigenvalue weighted by Gasteiger charge is 2.18. The van der Waals surface area contributed by atoms with E-state index in [1.54, 1.807) is 23.2 Å². The van der Waals surface area contributed by atoms with Crippen molar-refractivity contribution in [1.29, 1.82) is 0 Å². The van der Waals surface area contributed by atoms with Crippen LogP contribution >= 0.6 is 15.9 Å². The van der Waals surface area contributed by atoms with Crippen LogP contribution in [0, 0.1) is 0 Å². The van der Waals surface area contributed by atoms with E-state index in [0.717, 1.165) is 38.3 Å². The number of rotatable bonds is 5. The summed E-state index contributed by atoms with van der Waals surface area (Å²) in [6.45, 7) is 5.05. The number of ether oxygens (including phenoxy) is 1. The molecule has 2 aromatic rings. The summed E-state index contributed by atoms with van der Waals surface area (Å²) in [6, 6.07) is 14.1. The van der Waals surface area contributed by atoms with Gasteiger partial charge >= 0.3 is 0 Å². The van der Waals surface area contributed by atoms with E-state index in [1.165, 1.54) is 12.7 Å². The van der Waals surface area contributed by atoms with Gasteiger partial charge in [0.2, 0.25) is 0 Å². The Morgan fingerprint density at radius 1 is 1.24 bits per heavy atom. The van der Waals surface area contributed by atoms with E-state index in [0.29, 0.717) is 10.2 Å². The van der Waals surface area contributed by atoms with Crippen molar-refractivity contribution in [1.82, 2.24) is 5.01 Å². The Hall–Kier alpha value is -2.05. The fourth-order valence-corrected chi connectivity index (χ4v) is 3.41. The average molecular weight is 404 g/mol. The van der Waals surface area contributed by atoms with Crippen LogP contribution in [0.4, 0.5) is 0 Å². The molecule has 132 valence electrons. The van der Waals surface area contributed by atoms with Gasteiger partial charge in [-0.15, -0.1) is 0 Å². The second kappa shape index (κ2) is 8.36. The van der Waals surface area contributed by atoms with E-state index < -0.39 is 0 Å². The van der Waals surface area contributed by atoms with Crippen LogP contribution in [0.5, 0.6) is 11.5 Å². The molecule has 0 amide bonds. The summed E-state index contributed by atoms with van der Waals surface area (Å²) in [5.41, 5.74) is 2.23. The fraction of sp³-hybridized carbons (Fsp3) is 0.316. The van der Waals surface area contributed by atoms with Gasteiger partial charge in [-0.25, -0.2) is 0 Å². The van der Waals surface area contributed by atoms with Crippen molar-refractivity contribution < 1.29 is 14.7 Å². The zero-order valence-corrected chi connectivity index (χ0v) is 15.8. The fourth-order valence-electron chi connectivity index (χ4n) is 2.95. The molecule has 0 aliphatic carbocycles. The normalized spacial score (nSPS) is 15.7. The molecule has 1 saturated heterocycles. The molecule has 0 radical (unpaired) electrons. The first kappa shape index (κ1) is 17.8. The molecule has 1 heterocycles. The SMILES string of the molecule is COc1cc(C=NN2CC[NH+](Cc3ccccc3)CC2)cc(Br)c1[O-]. The van der Waals surface area contributed by atoms with E-state index >= 15 is 0 Å². The maximum absolute atomic E-state index is 11.8. The maximum atomic E-state index is 11.8. The molecule has 5 nitrogen and oxygen atoms in total. The average Bonchev–Trinajstić information content (AvgIpc) is 2.64. The lowest BCUT2D eigenvalue weighted by molar-refractivity contribution is -0.918.